The summed E-state index contributed by atoms with van der Waals surface area (Å²) in [6, 6.07) is 0. The van der Waals surface area contributed by atoms with Crippen molar-refractivity contribution in [2.24, 2.45) is 5.92 Å². The molecule has 0 aromatic heterocycles. The smallest absolute Gasteiger partial charge is 0.0326 e. The van der Waals surface area contributed by atoms with Crippen molar-refractivity contribution in [1.29, 1.82) is 0 Å². The van der Waals surface area contributed by atoms with E-state index in [0.29, 0.717) is 0 Å². The molecule has 0 nitrogen and oxygen atoms in total. The maximum absolute atomic E-state index is 3.94. The summed E-state index contributed by atoms with van der Waals surface area (Å²) in [6.07, 6.45) is 11.0. The molecule has 0 heterocycles. The van der Waals surface area contributed by atoms with Gasteiger partial charge in [0.05, 0.1) is 0 Å². The van der Waals surface area contributed by atoms with Crippen molar-refractivity contribution in [1.82, 2.24) is 0 Å². The van der Waals surface area contributed by atoms with Crippen molar-refractivity contribution in [2.75, 3.05) is 0 Å². The Morgan fingerprint density at radius 1 is 1.07 bits per heavy atom. The van der Waals surface area contributed by atoms with Crippen molar-refractivity contribution in [3.8, 4) is 0 Å². The van der Waals surface area contributed by atoms with Crippen LogP contribution < -0.4 is 0 Å². The molecule has 0 N–H and O–H groups in total. The Hall–Kier alpha value is -0.260. The summed E-state index contributed by atoms with van der Waals surface area (Å²) >= 11 is 0. The Kier molecular flexibility index (Phi) is 9.13. The largest absolute Gasteiger partial charge is 0.100 e. The van der Waals surface area contributed by atoms with E-state index in [2.05, 4.69) is 27.4 Å². The zero-order valence-corrected chi connectivity index (χ0v) is 10.4. The first-order valence-electron chi connectivity index (χ1n) is 6.35. The summed E-state index contributed by atoms with van der Waals surface area (Å²) in [7, 11) is 0. The molecule has 0 amide bonds. The van der Waals surface area contributed by atoms with E-state index in [9.17, 15) is 0 Å². The second kappa shape index (κ2) is 9.30. The molecule has 0 saturated heterocycles. The van der Waals surface area contributed by atoms with Crippen LogP contribution in [0.15, 0.2) is 12.2 Å². The number of unbranched alkanes of at least 4 members (excludes halogenated alkanes) is 2. The van der Waals surface area contributed by atoms with E-state index < -0.39 is 0 Å². The first-order valence-corrected chi connectivity index (χ1v) is 6.35. The first kappa shape index (κ1) is 13.7. The van der Waals surface area contributed by atoms with Crippen LogP contribution in [0.3, 0.4) is 0 Å². The average molecular weight is 196 g/mol. The lowest BCUT2D eigenvalue weighted by molar-refractivity contribution is 0.404. The normalized spacial score (nSPS) is 12.8. The van der Waals surface area contributed by atoms with Gasteiger partial charge < -0.3 is 0 Å². The fourth-order valence-corrected chi connectivity index (χ4v) is 1.91. The fourth-order valence-electron chi connectivity index (χ4n) is 1.91. The summed E-state index contributed by atoms with van der Waals surface area (Å²) in [5.74, 6) is 0.986. The van der Waals surface area contributed by atoms with Gasteiger partial charge in [-0.05, 0) is 25.7 Å². The molecule has 84 valence electrons. The minimum Gasteiger partial charge on any atom is -0.100 e. The molecule has 0 saturated carbocycles. The Labute approximate surface area is 90.8 Å². The van der Waals surface area contributed by atoms with Gasteiger partial charge >= 0.3 is 0 Å². The molecule has 0 bridgehead atoms. The topological polar surface area (TPSA) is 0 Å². The standard InChI is InChI=1S/C14H28/c1-5-7-11-14(6-2)12-9-8-10-13(3)4/h14H,3,5-12H2,1-2,4H3. The quantitative estimate of drug-likeness (QED) is 0.345. The van der Waals surface area contributed by atoms with Crippen molar-refractivity contribution < 1.29 is 0 Å². The van der Waals surface area contributed by atoms with Gasteiger partial charge in [0.1, 0.15) is 0 Å². The molecule has 0 aliphatic carbocycles. The second-order valence-electron chi connectivity index (χ2n) is 4.62. The molecule has 0 aliphatic heterocycles. The van der Waals surface area contributed by atoms with Crippen LogP contribution in [0, 0.1) is 5.92 Å². The highest BCUT2D eigenvalue weighted by Crippen LogP contribution is 2.20. The average Bonchev–Trinajstić information content (AvgIpc) is 2.16. The zero-order chi connectivity index (χ0) is 10.8. The monoisotopic (exact) mass is 196 g/mol. The van der Waals surface area contributed by atoms with Crippen molar-refractivity contribution in [2.45, 2.75) is 72.1 Å². The van der Waals surface area contributed by atoms with E-state index in [1.54, 1.807) is 0 Å². The van der Waals surface area contributed by atoms with E-state index in [-0.39, 0.29) is 0 Å². The van der Waals surface area contributed by atoms with Gasteiger partial charge in [0.25, 0.3) is 0 Å². The predicted octanol–water partition coefficient (Wildman–Crippen LogP) is 5.34. The van der Waals surface area contributed by atoms with Gasteiger partial charge in [-0.25, -0.2) is 0 Å². The van der Waals surface area contributed by atoms with Crippen LogP contribution in [-0.2, 0) is 0 Å². The van der Waals surface area contributed by atoms with E-state index in [1.165, 1.54) is 56.9 Å². The third kappa shape index (κ3) is 8.34. The second-order valence-corrected chi connectivity index (χ2v) is 4.62. The van der Waals surface area contributed by atoms with Crippen molar-refractivity contribution in [3.63, 3.8) is 0 Å². The lowest BCUT2D eigenvalue weighted by Gasteiger charge is -2.13. The van der Waals surface area contributed by atoms with Gasteiger partial charge in [-0.15, -0.1) is 6.58 Å². The van der Waals surface area contributed by atoms with Gasteiger partial charge in [-0.1, -0.05) is 57.9 Å². The number of rotatable bonds is 9. The molecule has 0 radical (unpaired) electrons. The summed E-state index contributed by atoms with van der Waals surface area (Å²) in [5, 5.41) is 0. The molecule has 0 heteroatoms. The summed E-state index contributed by atoms with van der Waals surface area (Å²) in [5.41, 5.74) is 1.34. The lowest BCUT2D eigenvalue weighted by Crippen LogP contribution is -1.98. The SMILES string of the molecule is C=C(C)CCCCC(CC)CCCC. The molecule has 0 aromatic carbocycles. The molecule has 14 heavy (non-hydrogen) atoms. The third-order valence-corrected chi connectivity index (χ3v) is 3.01. The van der Waals surface area contributed by atoms with Crippen LogP contribution in [0.4, 0.5) is 0 Å². The van der Waals surface area contributed by atoms with E-state index in [0.717, 1.165) is 5.92 Å². The number of hydrogen-bond donors (Lipinski definition) is 0. The molecule has 0 aliphatic rings. The fraction of sp³-hybridized carbons (Fsp3) is 0.857. The third-order valence-electron chi connectivity index (χ3n) is 3.01. The predicted molar refractivity (Wildman–Crippen MR) is 66.6 cm³/mol. The summed E-state index contributed by atoms with van der Waals surface area (Å²) < 4.78 is 0. The Morgan fingerprint density at radius 2 is 1.71 bits per heavy atom. The van der Waals surface area contributed by atoms with E-state index in [4.69, 9.17) is 0 Å². The Balaban J connectivity index is 3.37. The van der Waals surface area contributed by atoms with Gasteiger partial charge in [0.2, 0.25) is 0 Å². The highest BCUT2D eigenvalue weighted by Gasteiger charge is 2.04. The highest BCUT2D eigenvalue weighted by molar-refractivity contribution is 4.87. The van der Waals surface area contributed by atoms with Crippen LogP contribution in [0.5, 0.6) is 0 Å². The molecule has 1 atom stereocenters. The van der Waals surface area contributed by atoms with Crippen LogP contribution in [0.1, 0.15) is 72.1 Å². The van der Waals surface area contributed by atoms with Crippen LogP contribution >= 0.6 is 0 Å². The molecule has 0 fully saturated rings. The number of hydrogen-bond acceptors (Lipinski definition) is 0. The molecule has 0 rings (SSSR count). The summed E-state index contributed by atoms with van der Waals surface area (Å²) in [6.45, 7) is 10.7. The van der Waals surface area contributed by atoms with Crippen LogP contribution in [0.2, 0.25) is 0 Å². The Bertz CT molecular complexity index is 135. The van der Waals surface area contributed by atoms with Gasteiger partial charge in [0, 0.05) is 0 Å². The maximum Gasteiger partial charge on any atom is -0.0326 e. The highest BCUT2D eigenvalue weighted by atomic mass is 14.1. The minimum absolute atomic E-state index is 0.986. The Morgan fingerprint density at radius 3 is 2.21 bits per heavy atom. The first-order chi connectivity index (χ1) is 6.70. The van der Waals surface area contributed by atoms with Gasteiger partial charge in [-0.3, -0.25) is 0 Å². The van der Waals surface area contributed by atoms with E-state index in [1.807, 2.05) is 0 Å². The lowest BCUT2D eigenvalue weighted by atomic mass is 9.93. The minimum atomic E-state index is 0.986. The maximum atomic E-state index is 3.94. The van der Waals surface area contributed by atoms with Gasteiger partial charge in [-0.2, -0.15) is 0 Å². The van der Waals surface area contributed by atoms with E-state index >= 15 is 0 Å². The number of allylic oxidation sites excluding steroid dienone is 1. The molecule has 1 unspecified atom stereocenters. The van der Waals surface area contributed by atoms with Crippen molar-refractivity contribution in [3.05, 3.63) is 12.2 Å². The van der Waals surface area contributed by atoms with Gasteiger partial charge in [0.15, 0.2) is 0 Å². The van der Waals surface area contributed by atoms with Crippen LogP contribution in [-0.4, -0.2) is 0 Å². The van der Waals surface area contributed by atoms with Crippen molar-refractivity contribution >= 4 is 0 Å². The molecule has 0 aromatic rings. The molecule has 0 spiro atoms. The molecular weight excluding hydrogens is 168 g/mol. The van der Waals surface area contributed by atoms with Crippen LogP contribution in [0.25, 0.3) is 0 Å². The molecular formula is C14H28. The zero-order valence-electron chi connectivity index (χ0n) is 10.4. The summed E-state index contributed by atoms with van der Waals surface area (Å²) in [4.78, 5) is 0.